The highest BCUT2D eigenvalue weighted by Crippen LogP contribution is 2.39. The summed E-state index contributed by atoms with van der Waals surface area (Å²) in [6, 6.07) is 21.7. The number of carbonyl (C=O) groups excluding carboxylic acids is 2. The predicted molar refractivity (Wildman–Crippen MR) is 166 cm³/mol. The summed E-state index contributed by atoms with van der Waals surface area (Å²) in [6.45, 7) is 3.51. The molecule has 5 rings (SSSR count). The number of carbonyl (C=O) groups is 2. The second-order valence-electron chi connectivity index (χ2n) is 10.6. The minimum absolute atomic E-state index is 0.0254. The first-order chi connectivity index (χ1) is 19.9. The van der Waals surface area contributed by atoms with Gasteiger partial charge in [-0.3, -0.25) is 9.59 Å². The van der Waals surface area contributed by atoms with Crippen LogP contribution < -0.4 is 4.90 Å². The zero-order chi connectivity index (χ0) is 28.8. The number of halogens is 2. The predicted octanol–water partition coefficient (Wildman–Crippen LogP) is 6.72. The van der Waals surface area contributed by atoms with Gasteiger partial charge in [0.1, 0.15) is 11.4 Å². The Morgan fingerprint density at radius 1 is 1.02 bits per heavy atom. The Labute approximate surface area is 252 Å². The van der Waals surface area contributed by atoms with Gasteiger partial charge in [0.05, 0.1) is 12.4 Å². The SMILES string of the molecule is [N-]=[N+]=Nc1ccc(CCN2CN(c3ccccc3)C3(CCN(CCCC(=O)c4ccc(F)cc4)CC3)C2=O)cc1[125I]. The summed E-state index contributed by atoms with van der Waals surface area (Å²) in [7, 11) is 0. The van der Waals surface area contributed by atoms with Crippen molar-refractivity contribution < 1.29 is 14.0 Å². The Hall–Kier alpha value is -3.47. The van der Waals surface area contributed by atoms with Gasteiger partial charge in [-0.15, -0.1) is 0 Å². The summed E-state index contributed by atoms with van der Waals surface area (Å²) < 4.78 is 14.1. The number of anilines is 1. The van der Waals surface area contributed by atoms with E-state index in [-0.39, 0.29) is 17.5 Å². The number of benzene rings is 3. The third-order valence-electron chi connectivity index (χ3n) is 8.14. The molecule has 2 aliphatic heterocycles. The van der Waals surface area contributed by atoms with Crippen LogP contribution in [0.15, 0.2) is 77.9 Å². The topological polar surface area (TPSA) is 92.6 Å². The molecule has 1 amide bonds. The monoisotopic (exact) mass is 664 g/mol. The lowest BCUT2D eigenvalue weighted by Crippen LogP contribution is -2.56. The van der Waals surface area contributed by atoms with Crippen LogP contribution in [0.4, 0.5) is 15.8 Å². The van der Waals surface area contributed by atoms with Crippen molar-refractivity contribution in [2.75, 3.05) is 37.7 Å². The zero-order valence-corrected chi connectivity index (χ0v) is 24.9. The van der Waals surface area contributed by atoms with Gasteiger partial charge in [0, 0.05) is 45.8 Å². The molecule has 212 valence electrons. The molecular weight excluding hydrogens is 632 g/mol. The summed E-state index contributed by atoms with van der Waals surface area (Å²) in [4.78, 5) is 36.0. The van der Waals surface area contributed by atoms with E-state index in [4.69, 9.17) is 5.53 Å². The molecule has 41 heavy (non-hydrogen) atoms. The molecule has 0 saturated carbocycles. The van der Waals surface area contributed by atoms with E-state index in [0.717, 1.165) is 53.7 Å². The number of rotatable bonds is 10. The third kappa shape index (κ3) is 6.55. The van der Waals surface area contributed by atoms with Crippen LogP contribution in [0, 0.1) is 9.39 Å². The van der Waals surface area contributed by atoms with Crippen molar-refractivity contribution in [2.24, 2.45) is 5.11 Å². The van der Waals surface area contributed by atoms with Crippen molar-refractivity contribution in [3.8, 4) is 0 Å². The van der Waals surface area contributed by atoms with Crippen molar-refractivity contribution >= 4 is 45.7 Å². The number of ketones is 1. The van der Waals surface area contributed by atoms with Crippen LogP contribution in [0.2, 0.25) is 0 Å². The van der Waals surface area contributed by atoms with E-state index < -0.39 is 5.54 Å². The molecular formula is C31H32FIN6O2. The molecule has 0 N–H and O–H groups in total. The maximum atomic E-state index is 14.0. The normalized spacial score (nSPS) is 16.7. The molecule has 3 aromatic carbocycles. The number of hydrogen-bond donors (Lipinski definition) is 0. The van der Waals surface area contributed by atoms with E-state index in [9.17, 15) is 14.0 Å². The summed E-state index contributed by atoms with van der Waals surface area (Å²) in [6.07, 6.45) is 3.30. The van der Waals surface area contributed by atoms with Gasteiger partial charge < -0.3 is 14.7 Å². The van der Waals surface area contributed by atoms with Gasteiger partial charge in [-0.2, -0.15) is 0 Å². The number of Topliss-reactive ketones (excluding diaryl/α,β-unsaturated/α-hetero) is 1. The van der Waals surface area contributed by atoms with Gasteiger partial charge in [-0.05, 0) is 108 Å². The first-order valence-electron chi connectivity index (χ1n) is 13.9. The van der Waals surface area contributed by atoms with Crippen molar-refractivity contribution in [1.29, 1.82) is 0 Å². The Bertz CT molecular complexity index is 1440. The second kappa shape index (κ2) is 13.0. The van der Waals surface area contributed by atoms with E-state index in [0.29, 0.717) is 37.3 Å². The molecule has 0 aromatic heterocycles. The standard InChI is InChI=1S/C31H32FIN6O2/c32-25-11-9-24(10-12-25)29(40)7-4-17-37-19-15-31(16-20-37)30(41)38(22-39(31)26-5-2-1-3-6-26)18-14-23-8-13-28(35-36-34)27(33)21-23/h1-3,5-6,8-13,21H,4,7,14-20,22H2/i33-2. The second-order valence-corrected chi connectivity index (χ2v) is 11.8. The van der Waals surface area contributed by atoms with Crippen molar-refractivity contribution in [2.45, 2.75) is 37.6 Å². The van der Waals surface area contributed by atoms with Crippen LogP contribution in [0.3, 0.4) is 0 Å². The first-order valence-corrected chi connectivity index (χ1v) is 14.9. The lowest BCUT2D eigenvalue weighted by atomic mass is 9.85. The number of nitrogens with zero attached hydrogens (tertiary/aromatic N) is 6. The van der Waals surface area contributed by atoms with Gasteiger partial charge in [-0.1, -0.05) is 35.4 Å². The van der Waals surface area contributed by atoms with Crippen molar-refractivity contribution in [3.05, 3.63) is 104 Å². The molecule has 10 heteroatoms. The molecule has 2 fully saturated rings. The van der Waals surface area contributed by atoms with Crippen LogP contribution in [0.5, 0.6) is 0 Å². The molecule has 2 heterocycles. The average Bonchev–Trinajstić information content (AvgIpc) is 3.25. The van der Waals surface area contributed by atoms with Crippen LogP contribution >= 0.6 is 22.6 Å². The highest BCUT2D eigenvalue weighted by atomic mass is 125. The van der Waals surface area contributed by atoms with Gasteiger partial charge >= 0.3 is 0 Å². The fourth-order valence-corrected chi connectivity index (χ4v) is 6.55. The minimum Gasteiger partial charge on any atom is -0.339 e. The number of amides is 1. The third-order valence-corrected chi connectivity index (χ3v) is 9.01. The van der Waals surface area contributed by atoms with Crippen LogP contribution in [0.1, 0.15) is 41.6 Å². The number of likely N-dealkylation sites (tertiary alicyclic amines) is 1. The van der Waals surface area contributed by atoms with Crippen molar-refractivity contribution in [3.63, 3.8) is 0 Å². The smallest absolute Gasteiger partial charge is 0.250 e. The summed E-state index contributed by atoms with van der Waals surface area (Å²) in [5.74, 6) is -0.144. The molecule has 0 unspecified atom stereocenters. The Morgan fingerprint density at radius 3 is 2.44 bits per heavy atom. The largest absolute Gasteiger partial charge is 0.339 e. The highest BCUT2D eigenvalue weighted by molar-refractivity contribution is 14.1. The van der Waals surface area contributed by atoms with Gasteiger partial charge in [-0.25, -0.2) is 4.39 Å². The van der Waals surface area contributed by atoms with Crippen LogP contribution in [-0.4, -0.2) is 59.9 Å². The molecule has 0 bridgehead atoms. The maximum Gasteiger partial charge on any atom is 0.250 e. The van der Waals surface area contributed by atoms with E-state index in [1.807, 2.05) is 41.3 Å². The van der Waals surface area contributed by atoms with Gasteiger partial charge in [0.15, 0.2) is 5.78 Å². The summed E-state index contributed by atoms with van der Waals surface area (Å²) >= 11 is 2.17. The Balaban J connectivity index is 1.22. The molecule has 0 radical (unpaired) electrons. The number of azide groups is 1. The average molecular weight is 665 g/mol. The fourth-order valence-electron chi connectivity index (χ4n) is 5.86. The van der Waals surface area contributed by atoms with Crippen LogP contribution in [0.25, 0.3) is 10.4 Å². The maximum absolute atomic E-state index is 14.0. The first kappa shape index (κ1) is 29.0. The number of hydrogen-bond acceptors (Lipinski definition) is 5. The Kier molecular flexibility index (Phi) is 9.22. The summed E-state index contributed by atoms with van der Waals surface area (Å²) in [5, 5.41) is 3.72. The molecule has 2 aliphatic rings. The van der Waals surface area contributed by atoms with E-state index in [1.54, 1.807) is 0 Å². The Morgan fingerprint density at radius 2 is 1.76 bits per heavy atom. The van der Waals surface area contributed by atoms with Crippen LogP contribution in [-0.2, 0) is 11.2 Å². The highest BCUT2D eigenvalue weighted by Gasteiger charge is 2.53. The molecule has 0 atom stereocenters. The number of para-hydroxylation sites is 1. The molecule has 0 aliphatic carbocycles. The van der Waals surface area contributed by atoms with Gasteiger partial charge in [0.2, 0.25) is 5.91 Å². The lowest BCUT2D eigenvalue weighted by molar-refractivity contribution is -0.133. The molecule has 8 nitrogen and oxygen atoms in total. The quantitative estimate of drug-likeness (QED) is 0.0792. The van der Waals surface area contributed by atoms with E-state index in [1.165, 1.54) is 24.3 Å². The van der Waals surface area contributed by atoms with E-state index >= 15 is 0 Å². The fraction of sp³-hybridized carbons (Fsp3) is 0.355. The molecule has 2 saturated heterocycles. The summed E-state index contributed by atoms with van der Waals surface area (Å²) in [5.41, 5.74) is 11.5. The molecule has 1 spiro atoms. The number of piperidine rings is 1. The zero-order valence-electron chi connectivity index (χ0n) is 22.8. The van der Waals surface area contributed by atoms with E-state index in [2.05, 4.69) is 54.5 Å². The minimum atomic E-state index is -0.582. The van der Waals surface area contributed by atoms with Gasteiger partial charge in [0.25, 0.3) is 0 Å². The van der Waals surface area contributed by atoms with Crippen molar-refractivity contribution in [1.82, 2.24) is 9.80 Å². The molecule has 3 aromatic rings. The lowest BCUT2D eigenvalue weighted by Gasteiger charge is -2.43.